The van der Waals surface area contributed by atoms with Crippen LogP contribution in [0, 0.1) is 0 Å². The molecule has 0 bridgehead atoms. The summed E-state index contributed by atoms with van der Waals surface area (Å²) in [4.78, 5) is 19.1. The van der Waals surface area contributed by atoms with E-state index < -0.39 is 0 Å². The summed E-state index contributed by atoms with van der Waals surface area (Å²) in [5, 5.41) is 0. The van der Waals surface area contributed by atoms with Crippen molar-refractivity contribution >= 4 is 5.78 Å². The maximum Gasteiger partial charge on any atom is 0.183 e. The normalized spacial score (nSPS) is 9.62. The summed E-state index contributed by atoms with van der Waals surface area (Å²) >= 11 is 0. The van der Waals surface area contributed by atoms with Crippen molar-refractivity contribution < 1.29 is 4.79 Å². The predicted octanol–water partition coefficient (Wildman–Crippen LogP) is 2.02. The molecule has 1 rings (SSSR count). The second-order valence-corrected chi connectivity index (χ2v) is 2.97. The van der Waals surface area contributed by atoms with Gasteiger partial charge in [0.2, 0.25) is 0 Å². The van der Waals surface area contributed by atoms with Crippen LogP contribution in [-0.2, 0) is 0 Å². The number of carbonyl (C=O) groups is 1. The minimum absolute atomic E-state index is 0.0242. The molecule has 0 aliphatic rings. The molecule has 0 N–H and O–H groups in total. The van der Waals surface area contributed by atoms with Crippen LogP contribution < -0.4 is 0 Å². The van der Waals surface area contributed by atoms with Crippen molar-refractivity contribution in [1.82, 2.24) is 9.97 Å². The van der Waals surface area contributed by atoms with Gasteiger partial charge in [0.15, 0.2) is 5.78 Å². The monoisotopic (exact) mass is 176 g/mol. The molecule has 1 heterocycles. The molecule has 1 aromatic rings. The molecule has 0 spiro atoms. The summed E-state index contributed by atoms with van der Waals surface area (Å²) in [6.07, 6.45) is 5.74. The highest BCUT2D eigenvalue weighted by atomic mass is 16.1. The Balaban J connectivity index is 2.54. The molecule has 13 heavy (non-hydrogen) atoms. The molecular formula is C10H12N2O. The van der Waals surface area contributed by atoms with Crippen LogP contribution in [0.1, 0.15) is 30.3 Å². The fourth-order valence-corrected chi connectivity index (χ4v) is 0.898. The number of ketones is 1. The smallest absolute Gasteiger partial charge is 0.183 e. The first-order valence-corrected chi connectivity index (χ1v) is 4.13. The van der Waals surface area contributed by atoms with Gasteiger partial charge in [0.1, 0.15) is 5.69 Å². The van der Waals surface area contributed by atoms with E-state index in [-0.39, 0.29) is 5.78 Å². The highest BCUT2D eigenvalue weighted by Crippen LogP contribution is 2.05. The van der Waals surface area contributed by atoms with Crippen LogP contribution in [0.5, 0.6) is 0 Å². The van der Waals surface area contributed by atoms with E-state index in [1.165, 1.54) is 12.4 Å². The number of nitrogens with zero attached hydrogens (tertiary/aromatic N) is 2. The Morgan fingerprint density at radius 1 is 1.46 bits per heavy atom. The topological polar surface area (TPSA) is 42.9 Å². The first-order valence-electron chi connectivity index (χ1n) is 4.13. The molecule has 0 unspecified atom stereocenters. The third kappa shape index (κ3) is 3.15. The Labute approximate surface area is 77.5 Å². The highest BCUT2D eigenvalue weighted by Gasteiger charge is 2.05. The Morgan fingerprint density at radius 2 is 2.23 bits per heavy atom. The summed E-state index contributed by atoms with van der Waals surface area (Å²) in [7, 11) is 0. The van der Waals surface area contributed by atoms with Gasteiger partial charge in [-0.25, -0.2) is 4.98 Å². The van der Waals surface area contributed by atoms with Gasteiger partial charge in [-0.05, 0) is 13.3 Å². The van der Waals surface area contributed by atoms with Crippen LogP contribution in [0.4, 0.5) is 0 Å². The lowest BCUT2D eigenvalue weighted by Gasteiger charge is -1.98. The minimum Gasteiger partial charge on any atom is -0.292 e. The molecule has 0 aliphatic carbocycles. The molecule has 0 aromatic carbocycles. The fraction of sp³-hybridized carbons (Fsp3) is 0.300. The molecule has 0 atom stereocenters. The average Bonchev–Trinajstić information content (AvgIpc) is 2.15. The van der Waals surface area contributed by atoms with Gasteiger partial charge < -0.3 is 0 Å². The number of hydrogen-bond donors (Lipinski definition) is 0. The minimum atomic E-state index is 0.0242. The Kier molecular flexibility index (Phi) is 3.31. The van der Waals surface area contributed by atoms with E-state index in [0.29, 0.717) is 12.1 Å². The van der Waals surface area contributed by atoms with E-state index in [1.54, 1.807) is 6.20 Å². The Hall–Kier alpha value is -1.51. The summed E-state index contributed by atoms with van der Waals surface area (Å²) in [5.74, 6) is 0.0242. The quantitative estimate of drug-likeness (QED) is 0.520. The maximum atomic E-state index is 11.4. The maximum absolute atomic E-state index is 11.4. The molecule has 1 aromatic heterocycles. The van der Waals surface area contributed by atoms with Crippen molar-refractivity contribution in [3.05, 3.63) is 36.4 Å². The van der Waals surface area contributed by atoms with Crippen LogP contribution in [-0.4, -0.2) is 15.8 Å². The van der Waals surface area contributed by atoms with E-state index in [9.17, 15) is 4.79 Å². The fourth-order valence-electron chi connectivity index (χ4n) is 0.898. The lowest BCUT2D eigenvalue weighted by molar-refractivity contribution is 0.0977. The largest absolute Gasteiger partial charge is 0.292 e. The first kappa shape index (κ1) is 9.58. The summed E-state index contributed by atoms with van der Waals surface area (Å²) in [6, 6.07) is 0. The zero-order valence-electron chi connectivity index (χ0n) is 7.66. The van der Waals surface area contributed by atoms with Gasteiger partial charge in [0, 0.05) is 18.8 Å². The van der Waals surface area contributed by atoms with Crippen molar-refractivity contribution in [2.45, 2.75) is 19.8 Å². The van der Waals surface area contributed by atoms with Gasteiger partial charge in [0.05, 0.1) is 6.20 Å². The van der Waals surface area contributed by atoms with Gasteiger partial charge in [-0.3, -0.25) is 9.78 Å². The predicted molar refractivity (Wildman–Crippen MR) is 50.4 cm³/mol. The first-order chi connectivity index (χ1) is 6.20. The van der Waals surface area contributed by atoms with Crippen LogP contribution >= 0.6 is 0 Å². The molecule has 0 radical (unpaired) electrons. The number of hydrogen-bond acceptors (Lipinski definition) is 3. The van der Waals surface area contributed by atoms with E-state index in [4.69, 9.17) is 0 Å². The van der Waals surface area contributed by atoms with E-state index in [1.807, 2.05) is 6.92 Å². The molecule has 3 nitrogen and oxygen atoms in total. The van der Waals surface area contributed by atoms with Crippen LogP contribution in [0.25, 0.3) is 0 Å². The van der Waals surface area contributed by atoms with Gasteiger partial charge in [0.25, 0.3) is 0 Å². The molecule has 0 saturated carbocycles. The van der Waals surface area contributed by atoms with Gasteiger partial charge in [-0.1, -0.05) is 5.57 Å². The number of Topliss-reactive ketones (excluding diaryl/α,β-unsaturated/α-hetero) is 1. The molecule has 0 fully saturated rings. The van der Waals surface area contributed by atoms with Crippen LogP contribution in [0.15, 0.2) is 30.7 Å². The second kappa shape index (κ2) is 4.50. The summed E-state index contributed by atoms with van der Waals surface area (Å²) in [6.45, 7) is 5.64. The number of aromatic nitrogens is 2. The Bertz CT molecular complexity index is 306. The lowest BCUT2D eigenvalue weighted by Crippen LogP contribution is -2.02. The van der Waals surface area contributed by atoms with Crippen LogP contribution in [0.2, 0.25) is 0 Å². The van der Waals surface area contributed by atoms with Crippen molar-refractivity contribution in [2.24, 2.45) is 0 Å². The standard InChI is InChI=1S/C10H12N2O/c1-8(2)3-4-10(13)9-7-11-5-6-12-9/h5-7H,1,3-4H2,2H3. The molecule has 0 amide bonds. The third-order valence-corrected chi connectivity index (χ3v) is 1.63. The zero-order valence-corrected chi connectivity index (χ0v) is 7.66. The lowest BCUT2D eigenvalue weighted by atomic mass is 10.1. The molecule has 0 saturated heterocycles. The molecule has 0 aliphatic heterocycles. The van der Waals surface area contributed by atoms with Gasteiger partial charge >= 0.3 is 0 Å². The molecule has 3 heteroatoms. The van der Waals surface area contributed by atoms with E-state index in [2.05, 4.69) is 16.5 Å². The third-order valence-electron chi connectivity index (χ3n) is 1.63. The second-order valence-electron chi connectivity index (χ2n) is 2.97. The average molecular weight is 176 g/mol. The van der Waals surface area contributed by atoms with Crippen molar-refractivity contribution in [1.29, 1.82) is 0 Å². The van der Waals surface area contributed by atoms with Gasteiger partial charge in [-0.15, -0.1) is 6.58 Å². The van der Waals surface area contributed by atoms with Crippen molar-refractivity contribution in [3.63, 3.8) is 0 Å². The molecular weight excluding hydrogens is 164 g/mol. The molecule has 68 valence electrons. The zero-order chi connectivity index (χ0) is 9.68. The van der Waals surface area contributed by atoms with Crippen LogP contribution in [0.3, 0.4) is 0 Å². The SMILES string of the molecule is C=C(C)CCC(=O)c1cnccn1. The van der Waals surface area contributed by atoms with Gasteiger partial charge in [-0.2, -0.15) is 0 Å². The van der Waals surface area contributed by atoms with E-state index >= 15 is 0 Å². The highest BCUT2D eigenvalue weighted by molar-refractivity contribution is 5.93. The Morgan fingerprint density at radius 3 is 2.77 bits per heavy atom. The summed E-state index contributed by atoms with van der Waals surface area (Å²) < 4.78 is 0. The number of allylic oxidation sites excluding steroid dienone is 1. The number of carbonyl (C=O) groups excluding carboxylic acids is 1. The number of rotatable bonds is 4. The van der Waals surface area contributed by atoms with Crippen molar-refractivity contribution in [2.75, 3.05) is 0 Å². The van der Waals surface area contributed by atoms with E-state index in [0.717, 1.165) is 12.0 Å². The summed E-state index contributed by atoms with van der Waals surface area (Å²) in [5.41, 5.74) is 1.45. The van der Waals surface area contributed by atoms with Crippen molar-refractivity contribution in [3.8, 4) is 0 Å².